The smallest absolute Gasteiger partial charge is 0.0696 e. The van der Waals surface area contributed by atoms with Gasteiger partial charge in [-0.05, 0) is 28.9 Å². The molecule has 0 radical (unpaired) electrons. The zero-order valence-electron chi connectivity index (χ0n) is 10.9. The zero-order valence-corrected chi connectivity index (χ0v) is 12.5. The van der Waals surface area contributed by atoms with E-state index >= 15 is 0 Å². The van der Waals surface area contributed by atoms with Crippen molar-refractivity contribution in [3.05, 3.63) is 16.4 Å². The molecule has 0 bridgehead atoms. The van der Waals surface area contributed by atoms with Gasteiger partial charge in [-0.2, -0.15) is 5.10 Å². The third-order valence-electron chi connectivity index (χ3n) is 2.70. The minimum atomic E-state index is 0.360. The van der Waals surface area contributed by atoms with E-state index in [0.717, 1.165) is 30.4 Å². The Bertz CT molecular complexity index is 322. The highest BCUT2D eigenvalue weighted by molar-refractivity contribution is 9.10. The maximum Gasteiger partial charge on any atom is 0.0696 e. The lowest BCUT2D eigenvalue weighted by Crippen LogP contribution is -2.24. The Labute approximate surface area is 112 Å². The second kappa shape index (κ2) is 7.84. The molecule has 4 nitrogen and oxygen atoms in total. The molecule has 17 heavy (non-hydrogen) atoms. The second-order valence-electron chi connectivity index (χ2n) is 3.99. The number of methoxy groups -OCH3 is 1. The third kappa shape index (κ3) is 4.08. The topological polar surface area (TPSA) is 39.1 Å². The Morgan fingerprint density at radius 2 is 2.29 bits per heavy atom. The molecule has 0 aliphatic carbocycles. The van der Waals surface area contributed by atoms with Crippen molar-refractivity contribution in [1.82, 2.24) is 15.1 Å². The molecule has 1 atom stereocenters. The van der Waals surface area contributed by atoms with Crippen LogP contribution in [0.5, 0.6) is 0 Å². The Morgan fingerprint density at radius 3 is 2.88 bits per heavy atom. The average molecular weight is 304 g/mol. The lowest BCUT2D eigenvalue weighted by atomic mass is 10.1. The minimum Gasteiger partial charge on any atom is -0.383 e. The summed E-state index contributed by atoms with van der Waals surface area (Å²) in [6.45, 7) is 6.78. The van der Waals surface area contributed by atoms with Crippen molar-refractivity contribution in [2.24, 2.45) is 0 Å². The van der Waals surface area contributed by atoms with Gasteiger partial charge in [-0.25, -0.2) is 0 Å². The number of nitrogens with one attached hydrogen (secondary N) is 1. The van der Waals surface area contributed by atoms with Gasteiger partial charge in [0.05, 0.1) is 35.6 Å². The van der Waals surface area contributed by atoms with Gasteiger partial charge in [-0.3, -0.25) is 4.68 Å². The van der Waals surface area contributed by atoms with Crippen LogP contribution in [0, 0.1) is 0 Å². The number of ether oxygens (including phenoxy) is 1. The monoisotopic (exact) mass is 303 g/mol. The van der Waals surface area contributed by atoms with Crippen molar-refractivity contribution in [2.45, 2.75) is 39.3 Å². The fourth-order valence-corrected chi connectivity index (χ4v) is 2.52. The number of nitrogens with zero attached hydrogens (tertiary/aromatic N) is 2. The molecule has 1 heterocycles. The van der Waals surface area contributed by atoms with E-state index in [2.05, 4.69) is 40.2 Å². The summed E-state index contributed by atoms with van der Waals surface area (Å²) in [7, 11) is 1.71. The van der Waals surface area contributed by atoms with Crippen molar-refractivity contribution in [2.75, 3.05) is 20.3 Å². The first-order valence-corrected chi connectivity index (χ1v) is 6.97. The molecule has 0 saturated heterocycles. The van der Waals surface area contributed by atoms with Gasteiger partial charge >= 0.3 is 0 Å². The highest BCUT2D eigenvalue weighted by Gasteiger charge is 2.18. The summed E-state index contributed by atoms with van der Waals surface area (Å²) >= 11 is 3.59. The van der Waals surface area contributed by atoms with Crippen LogP contribution in [0.1, 0.15) is 38.4 Å². The van der Waals surface area contributed by atoms with Crippen molar-refractivity contribution >= 4 is 15.9 Å². The number of aromatic nitrogens is 2. The van der Waals surface area contributed by atoms with E-state index in [1.807, 2.05) is 10.9 Å². The quantitative estimate of drug-likeness (QED) is 0.802. The first kappa shape index (κ1) is 14.7. The second-order valence-corrected chi connectivity index (χ2v) is 4.85. The Balaban J connectivity index is 2.86. The van der Waals surface area contributed by atoms with E-state index in [9.17, 15) is 0 Å². The van der Waals surface area contributed by atoms with Crippen LogP contribution in [0.3, 0.4) is 0 Å². The Hall–Kier alpha value is -0.390. The van der Waals surface area contributed by atoms with Gasteiger partial charge in [-0.1, -0.05) is 20.3 Å². The molecule has 0 aliphatic heterocycles. The Kier molecular flexibility index (Phi) is 6.77. The average Bonchev–Trinajstić information content (AvgIpc) is 2.67. The molecule has 0 spiro atoms. The maximum absolute atomic E-state index is 5.11. The summed E-state index contributed by atoms with van der Waals surface area (Å²) in [5.41, 5.74) is 1.23. The van der Waals surface area contributed by atoms with Gasteiger partial charge in [0.2, 0.25) is 0 Å². The van der Waals surface area contributed by atoms with Crippen LogP contribution >= 0.6 is 15.9 Å². The SMILES string of the molecule is CCCC(NCC)c1c(Br)cnn1CCOC. The van der Waals surface area contributed by atoms with E-state index in [4.69, 9.17) is 4.74 Å². The summed E-state index contributed by atoms with van der Waals surface area (Å²) < 4.78 is 8.21. The first-order chi connectivity index (χ1) is 8.24. The molecule has 0 saturated carbocycles. The minimum absolute atomic E-state index is 0.360. The van der Waals surface area contributed by atoms with E-state index in [-0.39, 0.29) is 0 Å². The molecule has 5 heteroatoms. The highest BCUT2D eigenvalue weighted by atomic mass is 79.9. The number of rotatable bonds is 8. The van der Waals surface area contributed by atoms with Gasteiger partial charge in [0.1, 0.15) is 0 Å². The molecule has 1 rings (SSSR count). The van der Waals surface area contributed by atoms with Crippen molar-refractivity contribution in [3.8, 4) is 0 Å². The molecule has 0 aliphatic rings. The maximum atomic E-state index is 5.11. The van der Waals surface area contributed by atoms with Crippen LogP contribution in [-0.2, 0) is 11.3 Å². The normalized spacial score (nSPS) is 12.9. The summed E-state index contributed by atoms with van der Waals surface area (Å²) in [5, 5.41) is 7.90. The standard InChI is InChI=1S/C12H22BrN3O/c1-4-6-11(14-5-2)12-10(13)9-15-16(12)7-8-17-3/h9,11,14H,4-8H2,1-3H3. The fraction of sp³-hybridized carbons (Fsp3) is 0.750. The van der Waals surface area contributed by atoms with Crippen LogP contribution in [0.15, 0.2) is 10.7 Å². The van der Waals surface area contributed by atoms with E-state index < -0.39 is 0 Å². The number of hydrogen-bond acceptors (Lipinski definition) is 3. The molecule has 98 valence electrons. The lowest BCUT2D eigenvalue weighted by Gasteiger charge is -2.19. The van der Waals surface area contributed by atoms with Crippen molar-refractivity contribution < 1.29 is 4.74 Å². The molecule has 0 fully saturated rings. The van der Waals surface area contributed by atoms with E-state index in [0.29, 0.717) is 12.6 Å². The Morgan fingerprint density at radius 1 is 1.53 bits per heavy atom. The summed E-state index contributed by atoms with van der Waals surface area (Å²) in [6.07, 6.45) is 4.13. The van der Waals surface area contributed by atoms with Gasteiger partial charge in [0.25, 0.3) is 0 Å². The molecular weight excluding hydrogens is 282 g/mol. The highest BCUT2D eigenvalue weighted by Crippen LogP contribution is 2.26. The largest absolute Gasteiger partial charge is 0.383 e. The van der Waals surface area contributed by atoms with Crippen molar-refractivity contribution in [1.29, 1.82) is 0 Å². The first-order valence-electron chi connectivity index (χ1n) is 6.18. The number of halogens is 1. The summed E-state index contributed by atoms with van der Waals surface area (Å²) in [5.74, 6) is 0. The van der Waals surface area contributed by atoms with Crippen LogP contribution in [-0.4, -0.2) is 30.0 Å². The van der Waals surface area contributed by atoms with Gasteiger partial charge in [-0.15, -0.1) is 0 Å². The van der Waals surface area contributed by atoms with Gasteiger partial charge < -0.3 is 10.1 Å². The van der Waals surface area contributed by atoms with Crippen molar-refractivity contribution in [3.63, 3.8) is 0 Å². The molecule has 1 aromatic rings. The fourth-order valence-electron chi connectivity index (χ4n) is 1.94. The molecule has 1 aromatic heterocycles. The summed E-state index contributed by atoms with van der Waals surface area (Å²) in [6, 6.07) is 0.360. The number of hydrogen-bond donors (Lipinski definition) is 1. The van der Waals surface area contributed by atoms with E-state index in [1.54, 1.807) is 7.11 Å². The van der Waals surface area contributed by atoms with Crippen LogP contribution < -0.4 is 5.32 Å². The van der Waals surface area contributed by atoms with Crippen LogP contribution in [0.4, 0.5) is 0 Å². The summed E-state index contributed by atoms with van der Waals surface area (Å²) in [4.78, 5) is 0. The molecule has 1 N–H and O–H groups in total. The van der Waals surface area contributed by atoms with Crippen LogP contribution in [0.2, 0.25) is 0 Å². The molecule has 0 amide bonds. The third-order valence-corrected chi connectivity index (χ3v) is 3.31. The zero-order chi connectivity index (χ0) is 12.7. The molecule has 0 aromatic carbocycles. The van der Waals surface area contributed by atoms with Gasteiger partial charge in [0.15, 0.2) is 0 Å². The predicted octanol–water partition coefficient (Wildman–Crippen LogP) is 2.74. The molecular formula is C12H22BrN3O. The predicted molar refractivity (Wildman–Crippen MR) is 73.1 cm³/mol. The van der Waals surface area contributed by atoms with E-state index in [1.165, 1.54) is 5.69 Å². The lowest BCUT2D eigenvalue weighted by molar-refractivity contribution is 0.181. The van der Waals surface area contributed by atoms with Crippen LogP contribution in [0.25, 0.3) is 0 Å². The molecule has 1 unspecified atom stereocenters. The van der Waals surface area contributed by atoms with Gasteiger partial charge in [0, 0.05) is 7.11 Å².